The van der Waals surface area contributed by atoms with Crippen LogP contribution in [0, 0.1) is 6.92 Å². The SMILES string of the molecule is COc1ccc(Cl)cc1S(=O)(=O)Nc1nc2scc(C)n2n1. The molecule has 0 saturated heterocycles. The minimum atomic E-state index is -3.91. The molecule has 0 aliphatic carbocycles. The molecule has 0 bridgehead atoms. The van der Waals surface area contributed by atoms with Gasteiger partial charge in [0.2, 0.25) is 4.96 Å². The van der Waals surface area contributed by atoms with E-state index in [9.17, 15) is 8.42 Å². The maximum Gasteiger partial charge on any atom is 0.268 e. The van der Waals surface area contributed by atoms with Crippen molar-refractivity contribution in [2.24, 2.45) is 0 Å². The first-order valence-corrected chi connectivity index (χ1v) is 8.82. The molecule has 3 rings (SSSR count). The van der Waals surface area contributed by atoms with Crippen LogP contribution < -0.4 is 9.46 Å². The molecule has 0 unspecified atom stereocenters. The van der Waals surface area contributed by atoms with E-state index in [1.807, 2.05) is 12.3 Å². The number of hydrogen-bond acceptors (Lipinski definition) is 6. The second-order valence-corrected chi connectivity index (χ2v) is 7.33. The summed E-state index contributed by atoms with van der Waals surface area (Å²) in [7, 11) is -2.52. The van der Waals surface area contributed by atoms with Crippen LogP contribution in [0.5, 0.6) is 5.75 Å². The van der Waals surface area contributed by atoms with Crippen molar-refractivity contribution in [3.8, 4) is 5.75 Å². The average Bonchev–Trinajstić information content (AvgIpc) is 3.00. The van der Waals surface area contributed by atoms with Gasteiger partial charge in [0.05, 0.1) is 12.8 Å². The van der Waals surface area contributed by atoms with E-state index in [0.29, 0.717) is 4.96 Å². The topological polar surface area (TPSA) is 85.6 Å². The first kappa shape index (κ1) is 15.1. The van der Waals surface area contributed by atoms with Crippen LogP contribution in [-0.2, 0) is 10.0 Å². The fraction of sp³-hybridized carbons (Fsp3) is 0.167. The average molecular weight is 359 g/mol. The van der Waals surface area contributed by atoms with Gasteiger partial charge in [-0.25, -0.2) is 17.7 Å². The van der Waals surface area contributed by atoms with Gasteiger partial charge in [0.25, 0.3) is 16.0 Å². The van der Waals surface area contributed by atoms with E-state index in [0.717, 1.165) is 5.69 Å². The van der Waals surface area contributed by atoms with E-state index in [1.165, 1.54) is 30.6 Å². The molecule has 0 saturated carbocycles. The van der Waals surface area contributed by atoms with E-state index < -0.39 is 10.0 Å². The number of methoxy groups -OCH3 is 1. The number of ether oxygens (including phenoxy) is 1. The molecule has 7 nitrogen and oxygen atoms in total. The minimum absolute atomic E-state index is 0.00280. The minimum Gasteiger partial charge on any atom is -0.495 e. The fourth-order valence-electron chi connectivity index (χ4n) is 1.87. The summed E-state index contributed by atoms with van der Waals surface area (Å²) in [6, 6.07) is 4.35. The zero-order valence-electron chi connectivity index (χ0n) is 11.6. The Bertz CT molecular complexity index is 949. The Labute approximate surface area is 135 Å². The van der Waals surface area contributed by atoms with E-state index in [-0.39, 0.29) is 21.6 Å². The number of nitrogens with one attached hydrogen (secondary N) is 1. The van der Waals surface area contributed by atoms with Gasteiger partial charge in [-0.1, -0.05) is 11.6 Å². The summed E-state index contributed by atoms with van der Waals surface area (Å²) in [6.45, 7) is 1.86. The van der Waals surface area contributed by atoms with Crippen molar-refractivity contribution in [3.05, 3.63) is 34.3 Å². The molecule has 0 radical (unpaired) electrons. The number of anilines is 1. The highest BCUT2D eigenvalue weighted by Crippen LogP contribution is 2.28. The quantitative estimate of drug-likeness (QED) is 0.774. The van der Waals surface area contributed by atoms with E-state index >= 15 is 0 Å². The lowest BCUT2D eigenvalue weighted by Crippen LogP contribution is -2.15. The molecule has 2 aromatic heterocycles. The Morgan fingerprint density at radius 1 is 1.41 bits per heavy atom. The molecule has 0 spiro atoms. The second-order valence-electron chi connectivity index (χ2n) is 4.41. The highest BCUT2D eigenvalue weighted by atomic mass is 35.5. The van der Waals surface area contributed by atoms with Crippen LogP contribution in [-0.4, -0.2) is 30.1 Å². The van der Waals surface area contributed by atoms with Crippen LogP contribution in [0.4, 0.5) is 5.95 Å². The predicted octanol–water partition coefficient (Wildman–Crippen LogP) is 2.56. The van der Waals surface area contributed by atoms with Crippen molar-refractivity contribution >= 4 is 43.9 Å². The number of halogens is 1. The van der Waals surface area contributed by atoms with E-state index in [2.05, 4.69) is 14.8 Å². The Balaban J connectivity index is 2.01. The van der Waals surface area contributed by atoms with Gasteiger partial charge in [0.15, 0.2) is 0 Å². The molecular weight excluding hydrogens is 348 g/mol. The van der Waals surface area contributed by atoms with Crippen LogP contribution in [0.1, 0.15) is 5.69 Å². The maximum absolute atomic E-state index is 12.5. The summed E-state index contributed by atoms with van der Waals surface area (Å²) in [5.74, 6) is 0.186. The molecule has 2 heterocycles. The molecule has 0 atom stereocenters. The van der Waals surface area contributed by atoms with Crippen LogP contribution in [0.3, 0.4) is 0 Å². The Morgan fingerprint density at radius 3 is 2.86 bits per heavy atom. The Kier molecular flexibility index (Phi) is 3.71. The van der Waals surface area contributed by atoms with Crippen molar-refractivity contribution < 1.29 is 13.2 Å². The number of thiazole rings is 1. The Morgan fingerprint density at radius 2 is 2.18 bits per heavy atom. The summed E-state index contributed by atoms with van der Waals surface area (Å²) in [6.07, 6.45) is 0. The van der Waals surface area contributed by atoms with Gasteiger partial charge in [-0.3, -0.25) is 0 Å². The molecule has 22 heavy (non-hydrogen) atoms. The second kappa shape index (κ2) is 5.41. The van der Waals surface area contributed by atoms with Crippen LogP contribution in [0.15, 0.2) is 28.5 Å². The number of aromatic nitrogens is 3. The molecule has 0 aliphatic rings. The summed E-state index contributed by atoms with van der Waals surface area (Å²) < 4.78 is 33.9. The number of nitrogens with zero attached hydrogens (tertiary/aromatic N) is 3. The van der Waals surface area contributed by atoms with Crippen molar-refractivity contribution in [2.45, 2.75) is 11.8 Å². The van der Waals surface area contributed by atoms with Crippen LogP contribution in [0.2, 0.25) is 5.02 Å². The van der Waals surface area contributed by atoms with Crippen LogP contribution >= 0.6 is 22.9 Å². The monoisotopic (exact) mass is 358 g/mol. The van der Waals surface area contributed by atoms with Gasteiger partial charge in [0, 0.05) is 10.4 Å². The smallest absolute Gasteiger partial charge is 0.268 e. The third-order valence-corrected chi connectivity index (χ3v) is 5.41. The number of sulfonamides is 1. The van der Waals surface area contributed by atoms with E-state index in [4.69, 9.17) is 16.3 Å². The molecule has 1 aromatic carbocycles. The molecular formula is C12H11ClN4O3S2. The first-order valence-electron chi connectivity index (χ1n) is 6.08. The number of fused-ring (bicyclic) bond motifs is 1. The summed E-state index contributed by atoms with van der Waals surface area (Å²) in [5, 5.41) is 6.28. The molecule has 0 amide bonds. The highest BCUT2D eigenvalue weighted by molar-refractivity contribution is 7.92. The van der Waals surface area contributed by atoms with Gasteiger partial charge in [-0.15, -0.1) is 16.4 Å². The number of rotatable bonds is 4. The lowest BCUT2D eigenvalue weighted by atomic mass is 10.3. The van der Waals surface area contributed by atoms with Gasteiger partial charge < -0.3 is 4.74 Å². The van der Waals surface area contributed by atoms with Crippen molar-refractivity contribution in [3.63, 3.8) is 0 Å². The van der Waals surface area contributed by atoms with E-state index in [1.54, 1.807) is 10.6 Å². The van der Waals surface area contributed by atoms with Gasteiger partial charge >= 0.3 is 0 Å². The predicted molar refractivity (Wildman–Crippen MR) is 84.4 cm³/mol. The van der Waals surface area contributed by atoms with Gasteiger partial charge in [-0.2, -0.15) is 4.98 Å². The van der Waals surface area contributed by atoms with Crippen LogP contribution in [0.25, 0.3) is 4.96 Å². The van der Waals surface area contributed by atoms with Crippen molar-refractivity contribution in [1.82, 2.24) is 14.6 Å². The number of aryl methyl sites for hydroxylation is 1. The standard InChI is InChI=1S/C12H11ClN4O3S2/c1-7-6-21-12-14-11(15-17(7)12)16-22(18,19)10-5-8(13)3-4-9(10)20-2/h3-6H,1-2H3,(H,15,16). The van der Waals surface area contributed by atoms with Crippen molar-refractivity contribution in [1.29, 1.82) is 0 Å². The number of hydrogen-bond donors (Lipinski definition) is 1. The molecule has 10 heteroatoms. The number of benzene rings is 1. The Hall–Kier alpha value is -1.84. The lowest BCUT2D eigenvalue weighted by Gasteiger charge is -2.09. The maximum atomic E-state index is 12.5. The summed E-state index contributed by atoms with van der Waals surface area (Å²) in [4.78, 5) is 4.66. The first-order chi connectivity index (χ1) is 10.4. The molecule has 0 fully saturated rings. The molecule has 116 valence electrons. The normalized spacial score (nSPS) is 11.8. The molecule has 3 aromatic rings. The molecule has 1 N–H and O–H groups in total. The van der Waals surface area contributed by atoms with Crippen molar-refractivity contribution in [2.75, 3.05) is 11.8 Å². The highest BCUT2D eigenvalue weighted by Gasteiger charge is 2.22. The summed E-state index contributed by atoms with van der Waals surface area (Å²) >= 11 is 7.24. The molecule has 0 aliphatic heterocycles. The third kappa shape index (κ3) is 2.62. The van der Waals surface area contributed by atoms with Gasteiger partial charge in [0.1, 0.15) is 10.6 Å². The van der Waals surface area contributed by atoms with Gasteiger partial charge in [-0.05, 0) is 25.1 Å². The summed E-state index contributed by atoms with van der Waals surface area (Å²) in [5.41, 5.74) is 0.873. The fourth-order valence-corrected chi connectivity index (χ4v) is 4.04. The lowest BCUT2D eigenvalue weighted by molar-refractivity contribution is 0.403. The largest absolute Gasteiger partial charge is 0.495 e. The third-order valence-electron chi connectivity index (χ3n) is 2.89. The zero-order chi connectivity index (χ0) is 15.9. The zero-order valence-corrected chi connectivity index (χ0v) is 14.0.